The molecule has 0 bridgehead atoms. The van der Waals surface area contributed by atoms with Gasteiger partial charge in [-0.15, -0.1) is 11.3 Å². The van der Waals surface area contributed by atoms with E-state index in [1.807, 2.05) is 0 Å². The largest absolute Gasteiger partial charge is 0.481 e. The number of halogens is 1. The number of ether oxygens (including phenoxy) is 1. The SMILES string of the molecule is COC(=O)c1c(-c2ccc(Cl)cc2)csc1NC(=O)[C@@H]1CCCC[C@H]1C(=O)O. The summed E-state index contributed by atoms with van der Waals surface area (Å²) in [6, 6.07) is 6.99. The van der Waals surface area contributed by atoms with Crippen LogP contribution < -0.4 is 5.32 Å². The number of thiophene rings is 1. The lowest BCUT2D eigenvalue weighted by molar-refractivity contribution is -0.147. The smallest absolute Gasteiger partial charge is 0.341 e. The number of nitrogens with one attached hydrogen (secondary N) is 1. The summed E-state index contributed by atoms with van der Waals surface area (Å²) >= 11 is 7.14. The Morgan fingerprint density at radius 1 is 1.14 bits per heavy atom. The first-order valence-electron chi connectivity index (χ1n) is 8.91. The number of esters is 1. The average molecular weight is 422 g/mol. The van der Waals surface area contributed by atoms with E-state index in [2.05, 4.69) is 5.32 Å². The fraction of sp³-hybridized carbons (Fsp3) is 0.350. The van der Waals surface area contributed by atoms with Crippen molar-refractivity contribution in [3.05, 3.63) is 40.2 Å². The van der Waals surface area contributed by atoms with E-state index in [0.717, 1.165) is 18.4 Å². The summed E-state index contributed by atoms with van der Waals surface area (Å²) < 4.78 is 4.90. The molecule has 0 aliphatic heterocycles. The van der Waals surface area contributed by atoms with Crippen molar-refractivity contribution in [3.63, 3.8) is 0 Å². The molecule has 1 aromatic carbocycles. The van der Waals surface area contributed by atoms with Gasteiger partial charge in [0.1, 0.15) is 10.6 Å². The van der Waals surface area contributed by atoms with Crippen LogP contribution in [0.5, 0.6) is 0 Å². The maximum absolute atomic E-state index is 12.8. The van der Waals surface area contributed by atoms with Crippen molar-refractivity contribution in [1.29, 1.82) is 0 Å². The number of rotatable bonds is 5. The third-order valence-corrected chi connectivity index (χ3v) is 6.14. The van der Waals surface area contributed by atoms with Gasteiger partial charge in [0.2, 0.25) is 5.91 Å². The summed E-state index contributed by atoms with van der Waals surface area (Å²) in [5.74, 6) is -3.22. The maximum atomic E-state index is 12.8. The van der Waals surface area contributed by atoms with Gasteiger partial charge in [-0.2, -0.15) is 0 Å². The van der Waals surface area contributed by atoms with Crippen LogP contribution in [0.2, 0.25) is 5.02 Å². The minimum absolute atomic E-state index is 0.255. The van der Waals surface area contributed by atoms with Crippen LogP contribution in [0.25, 0.3) is 11.1 Å². The molecule has 0 saturated heterocycles. The van der Waals surface area contributed by atoms with Gasteiger partial charge in [0.25, 0.3) is 0 Å². The number of aliphatic carboxylic acids is 1. The zero-order valence-corrected chi connectivity index (χ0v) is 16.8. The Labute approximate surface area is 171 Å². The zero-order valence-electron chi connectivity index (χ0n) is 15.2. The topological polar surface area (TPSA) is 92.7 Å². The predicted molar refractivity (Wildman–Crippen MR) is 108 cm³/mol. The van der Waals surface area contributed by atoms with Gasteiger partial charge in [0.05, 0.1) is 18.9 Å². The second kappa shape index (κ2) is 8.75. The Kier molecular flexibility index (Phi) is 6.36. The molecule has 1 fully saturated rings. The summed E-state index contributed by atoms with van der Waals surface area (Å²) in [5.41, 5.74) is 1.65. The number of amides is 1. The van der Waals surface area contributed by atoms with Crippen molar-refractivity contribution in [2.24, 2.45) is 11.8 Å². The third kappa shape index (κ3) is 4.20. The molecule has 1 aliphatic carbocycles. The Hall–Kier alpha value is -2.38. The van der Waals surface area contributed by atoms with Gasteiger partial charge in [-0.3, -0.25) is 9.59 Å². The number of hydrogen-bond donors (Lipinski definition) is 2. The van der Waals surface area contributed by atoms with E-state index in [9.17, 15) is 19.5 Å². The molecule has 1 aromatic heterocycles. The molecule has 0 radical (unpaired) electrons. The molecule has 1 heterocycles. The Morgan fingerprint density at radius 3 is 2.39 bits per heavy atom. The number of carboxylic acids is 1. The fourth-order valence-corrected chi connectivity index (χ4v) is 4.63. The summed E-state index contributed by atoms with van der Waals surface area (Å²) in [7, 11) is 1.28. The molecule has 8 heteroatoms. The Morgan fingerprint density at radius 2 is 1.79 bits per heavy atom. The molecule has 3 rings (SSSR count). The van der Waals surface area contributed by atoms with Gasteiger partial charge in [0, 0.05) is 16.0 Å². The molecule has 0 unspecified atom stereocenters. The molecule has 1 amide bonds. The molecule has 28 heavy (non-hydrogen) atoms. The number of anilines is 1. The minimum Gasteiger partial charge on any atom is -0.481 e. The van der Waals surface area contributed by atoms with E-state index < -0.39 is 23.8 Å². The van der Waals surface area contributed by atoms with E-state index in [4.69, 9.17) is 16.3 Å². The standard InChI is InChI=1S/C20H20ClNO5S/c1-27-20(26)16-15(11-6-8-12(21)9-7-11)10-28-18(16)22-17(23)13-4-2-3-5-14(13)19(24)25/h6-10,13-14H,2-5H2,1H3,(H,22,23)(H,24,25)/t13-,14-/m1/s1. The molecule has 1 aliphatic rings. The van der Waals surface area contributed by atoms with E-state index >= 15 is 0 Å². The Balaban J connectivity index is 1.91. The first-order valence-corrected chi connectivity index (χ1v) is 10.2. The van der Waals surface area contributed by atoms with Crippen LogP contribution in [0.15, 0.2) is 29.6 Å². The first kappa shape index (κ1) is 20.4. The summed E-state index contributed by atoms with van der Waals surface area (Å²) in [6.07, 6.45) is 2.61. The van der Waals surface area contributed by atoms with Crippen LogP contribution >= 0.6 is 22.9 Å². The molecule has 0 spiro atoms. The number of carbonyl (C=O) groups is 3. The van der Waals surface area contributed by atoms with Gasteiger partial charge >= 0.3 is 11.9 Å². The molecule has 6 nitrogen and oxygen atoms in total. The van der Waals surface area contributed by atoms with Gasteiger partial charge in [0.15, 0.2) is 0 Å². The summed E-state index contributed by atoms with van der Waals surface area (Å²) in [5, 5.41) is 14.9. The van der Waals surface area contributed by atoms with Crippen LogP contribution in [-0.2, 0) is 14.3 Å². The lowest BCUT2D eigenvalue weighted by atomic mass is 9.79. The highest BCUT2D eigenvalue weighted by molar-refractivity contribution is 7.15. The minimum atomic E-state index is -0.957. The summed E-state index contributed by atoms with van der Waals surface area (Å²) in [6.45, 7) is 0. The maximum Gasteiger partial charge on any atom is 0.341 e. The summed E-state index contributed by atoms with van der Waals surface area (Å²) in [4.78, 5) is 36.7. The van der Waals surface area contributed by atoms with Crippen molar-refractivity contribution in [2.45, 2.75) is 25.7 Å². The van der Waals surface area contributed by atoms with Gasteiger partial charge in [-0.05, 0) is 30.5 Å². The van der Waals surface area contributed by atoms with E-state index in [1.165, 1.54) is 18.4 Å². The lowest BCUT2D eigenvalue weighted by Gasteiger charge is -2.27. The van der Waals surface area contributed by atoms with Crippen molar-refractivity contribution < 1.29 is 24.2 Å². The van der Waals surface area contributed by atoms with E-state index in [0.29, 0.717) is 28.4 Å². The van der Waals surface area contributed by atoms with Crippen LogP contribution in [-0.4, -0.2) is 30.1 Å². The van der Waals surface area contributed by atoms with E-state index in [1.54, 1.807) is 29.6 Å². The van der Waals surface area contributed by atoms with Crippen LogP contribution in [0.1, 0.15) is 36.0 Å². The quantitative estimate of drug-likeness (QED) is 0.683. The zero-order chi connectivity index (χ0) is 20.3. The first-order chi connectivity index (χ1) is 13.4. The molecule has 148 valence electrons. The number of hydrogen-bond acceptors (Lipinski definition) is 5. The number of carboxylic acid groups (broad SMARTS) is 1. The second-order valence-corrected chi connectivity index (χ2v) is 7.99. The molecule has 2 aromatic rings. The molecule has 1 saturated carbocycles. The molecule has 2 N–H and O–H groups in total. The van der Waals surface area contributed by atoms with Crippen molar-refractivity contribution >= 4 is 45.8 Å². The van der Waals surface area contributed by atoms with Gasteiger partial charge in [-0.1, -0.05) is 36.6 Å². The lowest BCUT2D eigenvalue weighted by Crippen LogP contribution is -2.36. The predicted octanol–water partition coefficient (Wildman–Crippen LogP) is 4.68. The number of benzene rings is 1. The third-order valence-electron chi connectivity index (χ3n) is 4.99. The van der Waals surface area contributed by atoms with Crippen LogP contribution in [0.3, 0.4) is 0 Å². The molecular weight excluding hydrogens is 402 g/mol. The van der Waals surface area contributed by atoms with Crippen molar-refractivity contribution in [1.82, 2.24) is 0 Å². The van der Waals surface area contributed by atoms with Crippen molar-refractivity contribution in [3.8, 4) is 11.1 Å². The number of carbonyl (C=O) groups excluding carboxylic acids is 2. The second-order valence-electron chi connectivity index (χ2n) is 6.68. The normalized spacial score (nSPS) is 19.1. The highest BCUT2D eigenvalue weighted by atomic mass is 35.5. The molecular formula is C20H20ClNO5S. The molecule has 2 atom stereocenters. The Bertz CT molecular complexity index is 893. The monoisotopic (exact) mass is 421 g/mol. The van der Waals surface area contributed by atoms with Crippen LogP contribution in [0, 0.1) is 11.8 Å². The average Bonchev–Trinajstić information content (AvgIpc) is 3.11. The number of methoxy groups -OCH3 is 1. The van der Waals surface area contributed by atoms with Crippen molar-refractivity contribution in [2.75, 3.05) is 12.4 Å². The highest BCUT2D eigenvalue weighted by Crippen LogP contribution is 2.38. The van der Waals surface area contributed by atoms with Gasteiger partial charge < -0.3 is 15.2 Å². The highest BCUT2D eigenvalue weighted by Gasteiger charge is 2.36. The fourth-order valence-electron chi connectivity index (χ4n) is 3.54. The van der Waals surface area contributed by atoms with E-state index in [-0.39, 0.29) is 11.5 Å². The van der Waals surface area contributed by atoms with Crippen LogP contribution in [0.4, 0.5) is 5.00 Å². The van der Waals surface area contributed by atoms with Gasteiger partial charge in [-0.25, -0.2) is 4.79 Å².